The van der Waals surface area contributed by atoms with Gasteiger partial charge in [0.1, 0.15) is 5.65 Å². The van der Waals surface area contributed by atoms with Gasteiger partial charge in [-0.1, -0.05) is 12.7 Å². The van der Waals surface area contributed by atoms with Crippen molar-refractivity contribution in [3.63, 3.8) is 0 Å². The monoisotopic (exact) mass is 254 g/mol. The molecule has 0 N–H and O–H groups in total. The van der Waals surface area contributed by atoms with Crippen LogP contribution in [-0.4, -0.2) is 9.38 Å². The zero-order chi connectivity index (χ0) is 13.5. The van der Waals surface area contributed by atoms with Gasteiger partial charge in [0.25, 0.3) is 5.56 Å². The first kappa shape index (κ1) is 12.3. The summed E-state index contributed by atoms with van der Waals surface area (Å²) in [6, 6.07) is 2.96. The summed E-state index contributed by atoms with van der Waals surface area (Å²) in [5, 5.41) is 0. The predicted molar refractivity (Wildman–Crippen MR) is 61.3 cm³/mol. The van der Waals surface area contributed by atoms with Crippen molar-refractivity contribution in [1.82, 2.24) is 9.38 Å². The van der Waals surface area contributed by atoms with Crippen molar-refractivity contribution < 1.29 is 13.2 Å². The second kappa shape index (κ2) is 3.97. The zero-order valence-corrected chi connectivity index (χ0v) is 9.45. The van der Waals surface area contributed by atoms with E-state index < -0.39 is 23.0 Å². The Morgan fingerprint density at radius 1 is 1.44 bits per heavy atom. The van der Waals surface area contributed by atoms with Crippen molar-refractivity contribution in [2.45, 2.75) is 13.1 Å². The zero-order valence-electron chi connectivity index (χ0n) is 9.45. The predicted octanol–water partition coefficient (Wildman–Crippen LogP) is 2.66. The molecule has 0 bridgehead atoms. The third kappa shape index (κ3) is 1.90. The number of pyridine rings is 1. The summed E-state index contributed by atoms with van der Waals surface area (Å²) in [5.41, 5.74) is -1.72. The van der Waals surface area contributed by atoms with Crippen LogP contribution >= 0.6 is 0 Å². The van der Waals surface area contributed by atoms with Gasteiger partial charge in [0, 0.05) is 11.8 Å². The highest BCUT2D eigenvalue weighted by molar-refractivity contribution is 5.54. The molecule has 0 fully saturated rings. The fourth-order valence-corrected chi connectivity index (χ4v) is 1.64. The molecule has 0 aliphatic rings. The highest BCUT2D eigenvalue weighted by atomic mass is 19.4. The Bertz CT molecular complexity index is 686. The highest BCUT2D eigenvalue weighted by Crippen LogP contribution is 2.29. The Morgan fingerprint density at radius 3 is 2.67 bits per heavy atom. The quantitative estimate of drug-likeness (QED) is 0.784. The molecule has 0 radical (unpaired) electrons. The highest BCUT2D eigenvalue weighted by Gasteiger charge is 2.36. The lowest BCUT2D eigenvalue weighted by molar-refractivity contribution is -0.141. The fraction of sp³-hybridized carbons (Fsp3) is 0.167. The van der Waals surface area contributed by atoms with Crippen molar-refractivity contribution in [3.8, 4) is 0 Å². The van der Waals surface area contributed by atoms with Crippen molar-refractivity contribution >= 4 is 11.7 Å². The lowest BCUT2D eigenvalue weighted by Crippen LogP contribution is -2.24. The molecular formula is C12H9F3N2O. The van der Waals surface area contributed by atoms with Gasteiger partial charge >= 0.3 is 6.18 Å². The first-order valence-corrected chi connectivity index (χ1v) is 5.07. The maximum absolute atomic E-state index is 12.7. The minimum atomic E-state index is -4.64. The summed E-state index contributed by atoms with van der Waals surface area (Å²) < 4.78 is 39.2. The summed E-state index contributed by atoms with van der Waals surface area (Å²) in [5.74, 6) is 0. The minimum Gasteiger partial charge on any atom is -0.269 e. The standard InChI is InChI=1S/C12H9F3N2O/c1-3-8-4-5-17-9(6-8)16-10(12(13,14)15)7(2)11(17)18/h3-6H,1H2,2H3. The summed E-state index contributed by atoms with van der Waals surface area (Å²) in [7, 11) is 0. The van der Waals surface area contributed by atoms with E-state index in [0.717, 1.165) is 11.3 Å². The number of hydrogen-bond donors (Lipinski definition) is 0. The largest absolute Gasteiger partial charge is 0.433 e. The Kier molecular flexibility index (Phi) is 2.73. The van der Waals surface area contributed by atoms with Crippen LogP contribution in [0.25, 0.3) is 11.7 Å². The molecule has 0 atom stereocenters. The first-order chi connectivity index (χ1) is 8.34. The third-order valence-corrected chi connectivity index (χ3v) is 2.58. The van der Waals surface area contributed by atoms with E-state index in [1.807, 2.05) is 0 Å². The van der Waals surface area contributed by atoms with Crippen LogP contribution in [0.3, 0.4) is 0 Å². The lowest BCUT2D eigenvalue weighted by Gasteiger charge is -2.10. The average Bonchev–Trinajstić information content (AvgIpc) is 2.31. The average molecular weight is 254 g/mol. The number of aromatic nitrogens is 2. The van der Waals surface area contributed by atoms with Crippen LogP contribution in [0.1, 0.15) is 16.8 Å². The van der Waals surface area contributed by atoms with Gasteiger partial charge < -0.3 is 0 Å². The first-order valence-electron chi connectivity index (χ1n) is 5.07. The molecule has 0 amide bonds. The van der Waals surface area contributed by atoms with E-state index in [4.69, 9.17) is 0 Å². The van der Waals surface area contributed by atoms with E-state index in [9.17, 15) is 18.0 Å². The maximum atomic E-state index is 12.7. The van der Waals surface area contributed by atoms with Gasteiger partial charge in [-0.3, -0.25) is 9.20 Å². The summed E-state index contributed by atoms with van der Waals surface area (Å²) >= 11 is 0. The van der Waals surface area contributed by atoms with Crippen molar-refractivity contribution in [3.05, 3.63) is 52.1 Å². The Hall–Kier alpha value is -2.11. The number of nitrogens with zero attached hydrogens (tertiary/aromatic N) is 2. The van der Waals surface area contributed by atoms with E-state index in [0.29, 0.717) is 5.56 Å². The van der Waals surface area contributed by atoms with Crippen LogP contribution in [0.15, 0.2) is 29.7 Å². The van der Waals surface area contributed by atoms with Crippen molar-refractivity contribution in [1.29, 1.82) is 0 Å². The molecule has 2 rings (SSSR count). The fourth-order valence-electron chi connectivity index (χ4n) is 1.64. The number of hydrogen-bond acceptors (Lipinski definition) is 2. The Balaban J connectivity index is 2.89. The molecule has 2 aromatic rings. The molecule has 2 heterocycles. The van der Waals surface area contributed by atoms with Crippen molar-refractivity contribution in [2.75, 3.05) is 0 Å². The molecular weight excluding hydrogens is 245 g/mol. The van der Waals surface area contributed by atoms with Gasteiger partial charge in [-0.2, -0.15) is 13.2 Å². The molecule has 0 spiro atoms. The maximum Gasteiger partial charge on any atom is 0.433 e. The van der Waals surface area contributed by atoms with Crippen LogP contribution in [0.5, 0.6) is 0 Å². The second-order valence-electron chi connectivity index (χ2n) is 3.78. The van der Waals surface area contributed by atoms with Crippen LogP contribution in [0.4, 0.5) is 13.2 Å². The lowest BCUT2D eigenvalue weighted by atomic mass is 10.2. The molecule has 0 saturated heterocycles. The summed E-state index contributed by atoms with van der Waals surface area (Å²) in [6.07, 6.45) is -1.78. The number of halogens is 3. The van der Waals surface area contributed by atoms with Gasteiger partial charge in [0.05, 0.1) is 0 Å². The molecule has 0 saturated carbocycles. The normalized spacial score (nSPS) is 11.8. The van der Waals surface area contributed by atoms with Crippen LogP contribution in [0, 0.1) is 6.92 Å². The molecule has 3 nitrogen and oxygen atoms in total. The molecule has 0 aliphatic heterocycles. The van der Waals surface area contributed by atoms with E-state index >= 15 is 0 Å². The van der Waals surface area contributed by atoms with Gasteiger partial charge in [-0.05, 0) is 24.6 Å². The minimum absolute atomic E-state index is 0.0460. The topological polar surface area (TPSA) is 34.4 Å². The summed E-state index contributed by atoms with van der Waals surface area (Å²) in [4.78, 5) is 15.3. The molecule has 94 valence electrons. The molecule has 0 aromatic carbocycles. The molecule has 2 aromatic heterocycles. The van der Waals surface area contributed by atoms with Crippen LogP contribution in [0.2, 0.25) is 0 Å². The van der Waals surface area contributed by atoms with E-state index in [-0.39, 0.29) is 5.65 Å². The van der Waals surface area contributed by atoms with E-state index in [1.54, 1.807) is 6.07 Å². The molecule has 18 heavy (non-hydrogen) atoms. The van der Waals surface area contributed by atoms with Crippen molar-refractivity contribution in [2.24, 2.45) is 0 Å². The number of alkyl halides is 3. The van der Waals surface area contributed by atoms with Crippen LogP contribution < -0.4 is 5.56 Å². The molecule has 0 aliphatic carbocycles. The molecule has 0 unspecified atom stereocenters. The smallest absolute Gasteiger partial charge is 0.269 e. The van der Waals surface area contributed by atoms with Gasteiger partial charge in [0.15, 0.2) is 5.69 Å². The summed E-state index contributed by atoms with van der Waals surface area (Å²) in [6.45, 7) is 4.63. The number of fused-ring (bicyclic) bond motifs is 1. The second-order valence-corrected chi connectivity index (χ2v) is 3.78. The SMILES string of the molecule is C=Cc1ccn2c(=O)c(C)c(C(F)(F)F)nc2c1. The van der Waals surface area contributed by atoms with Gasteiger partial charge in [-0.25, -0.2) is 4.98 Å². The molecule has 6 heteroatoms. The Morgan fingerprint density at radius 2 is 2.11 bits per heavy atom. The third-order valence-electron chi connectivity index (χ3n) is 2.58. The van der Waals surface area contributed by atoms with E-state index in [1.165, 1.54) is 18.3 Å². The Labute approximate surface area is 100 Å². The van der Waals surface area contributed by atoms with Gasteiger partial charge in [0.2, 0.25) is 0 Å². The van der Waals surface area contributed by atoms with E-state index in [2.05, 4.69) is 11.6 Å². The van der Waals surface area contributed by atoms with Gasteiger partial charge in [-0.15, -0.1) is 0 Å². The van der Waals surface area contributed by atoms with Crippen LogP contribution in [-0.2, 0) is 6.18 Å². The number of rotatable bonds is 1.